The van der Waals surface area contributed by atoms with E-state index in [9.17, 15) is 13.2 Å². The standard InChI is InChI=1S/C20H24N2O4S/c1-4-22-17-12-16(10-11-18(17)26-14-20(2,3)19(22)23)21-27(24,25)13-15-8-6-5-7-9-15/h5-12,21H,4,13-14H2,1-3H3. The van der Waals surface area contributed by atoms with E-state index in [0.717, 1.165) is 0 Å². The Bertz CT molecular complexity index is 940. The molecule has 0 fully saturated rings. The van der Waals surface area contributed by atoms with E-state index in [2.05, 4.69) is 4.72 Å². The highest BCUT2D eigenvalue weighted by molar-refractivity contribution is 7.91. The average molecular weight is 388 g/mol. The number of carbonyl (C=O) groups is 1. The van der Waals surface area contributed by atoms with Gasteiger partial charge in [0.1, 0.15) is 12.4 Å². The van der Waals surface area contributed by atoms with Gasteiger partial charge in [-0.3, -0.25) is 9.52 Å². The first-order chi connectivity index (χ1) is 12.7. The summed E-state index contributed by atoms with van der Waals surface area (Å²) in [7, 11) is -3.58. The minimum atomic E-state index is -3.58. The fourth-order valence-electron chi connectivity index (χ4n) is 3.03. The third-order valence-corrected chi connectivity index (χ3v) is 5.71. The zero-order chi connectivity index (χ0) is 19.7. The van der Waals surface area contributed by atoms with Crippen molar-refractivity contribution in [1.82, 2.24) is 0 Å². The van der Waals surface area contributed by atoms with Crippen molar-refractivity contribution in [1.29, 1.82) is 0 Å². The lowest BCUT2D eigenvalue weighted by atomic mass is 9.93. The molecule has 0 aliphatic carbocycles. The van der Waals surface area contributed by atoms with E-state index in [-0.39, 0.29) is 18.3 Å². The number of amides is 1. The van der Waals surface area contributed by atoms with Crippen LogP contribution in [0.2, 0.25) is 0 Å². The Labute approximate surface area is 160 Å². The lowest BCUT2D eigenvalue weighted by Crippen LogP contribution is -2.42. The second-order valence-electron chi connectivity index (χ2n) is 7.25. The maximum Gasteiger partial charge on any atom is 0.236 e. The van der Waals surface area contributed by atoms with Crippen molar-refractivity contribution in [3.05, 3.63) is 54.1 Å². The number of ether oxygens (including phenoxy) is 1. The number of rotatable bonds is 5. The van der Waals surface area contributed by atoms with Crippen LogP contribution in [-0.2, 0) is 20.6 Å². The number of nitrogens with one attached hydrogen (secondary N) is 1. The molecule has 1 N–H and O–H groups in total. The van der Waals surface area contributed by atoms with E-state index in [0.29, 0.717) is 29.2 Å². The number of fused-ring (bicyclic) bond motifs is 1. The molecule has 0 spiro atoms. The van der Waals surface area contributed by atoms with Gasteiger partial charge in [0.25, 0.3) is 0 Å². The zero-order valence-corrected chi connectivity index (χ0v) is 16.5. The molecule has 0 saturated heterocycles. The van der Waals surface area contributed by atoms with E-state index < -0.39 is 15.4 Å². The minimum absolute atomic E-state index is 0.0481. The first kappa shape index (κ1) is 19.2. The molecule has 144 valence electrons. The molecule has 1 aliphatic rings. The van der Waals surface area contributed by atoms with Gasteiger partial charge in [0, 0.05) is 6.54 Å². The van der Waals surface area contributed by atoms with E-state index in [1.54, 1.807) is 47.4 Å². The largest absolute Gasteiger partial charge is 0.490 e. The quantitative estimate of drug-likeness (QED) is 0.852. The van der Waals surface area contributed by atoms with Gasteiger partial charge in [-0.2, -0.15) is 0 Å². The summed E-state index contributed by atoms with van der Waals surface area (Å²) in [4.78, 5) is 14.4. The number of carbonyl (C=O) groups excluding carboxylic acids is 1. The van der Waals surface area contributed by atoms with Crippen LogP contribution in [0.4, 0.5) is 11.4 Å². The first-order valence-corrected chi connectivity index (χ1v) is 10.5. The van der Waals surface area contributed by atoms with Gasteiger partial charge in [-0.05, 0) is 44.5 Å². The van der Waals surface area contributed by atoms with Crippen LogP contribution in [-0.4, -0.2) is 27.5 Å². The third-order valence-electron chi connectivity index (χ3n) is 4.45. The fraction of sp³-hybridized carbons (Fsp3) is 0.350. The second-order valence-corrected chi connectivity index (χ2v) is 8.97. The highest BCUT2D eigenvalue weighted by Gasteiger charge is 2.37. The third kappa shape index (κ3) is 4.24. The summed E-state index contributed by atoms with van der Waals surface area (Å²) >= 11 is 0. The summed E-state index contributed by atoms with van der Waals surface area (Å²) in [6.45, 7) is 6.31. The summed E-state index contributed by atoms with van der Waals surface area (Å²) in [6, 6.07) is 14.0. The first-order valence-electron chi connectivity index (χ1n) is 8.85. The lowest BCUT2D eigenvalue weighted by molar-refractivity contribution is -0.127. The van der Waals surface area contributed by atoms with E-state index in [1.165, 1.54) is 0 Å². The average Bonchev–Trinajstić information content (AvgIpc) is 2.70. The van der Waals surface area contributed by atoms with Gasteiger partial charge in [-0.25, -0.2) is 8.42 Å². The van der Waals surface area contributed by atoms with Crippen LogP contribution in [0.5, 0.6) is 5.75 Å². The molecule has 2 aromatic rings. The lowest BCUT2D eigenvalue weighted by Gasteiger charge is -2.27. The molecule has 0 bridgehead atoms. The molecule has 0 unspecified atom stereocenters. The van der Waals surface area contributed by atoms with Gasteiger partial charge in [-0.1, -0.05) is 30.3 Å². The van der Waals surface area contributed by atoms with Crippen LogP contribution in [0.3, 0.4) is 0 Å². The molecule has 0 aromatic heterocycles. The normalized spacial score (nSPS) is 16.3. The maximum absolute atomic E-state index is 12.8. The van der Waals surface area contributed by atoms with Crippen molar-refractivity contribution >= 4 is 27.3 Å². The Kier molecular flexibility index (Phi) is 5.15. The summed E-state index contributed by atoms with van der Waals surface area (Å²) in [6.07, 6.45) is 0. The Morgan fingerprint density at radius 1 is 1.15 bits per heavy atom. The van der Waals surface area contributed by atoms with Crippen LogP contribution in [0.1, 0.15) is 26.3 Å². The summed E-state index contributed by atoms with van der Waals surface area (Å²) < 4.78 is 33.4. The van der Waals surface area contributed by atoms with Crippen molar-refractivity contribution in [2.45, 2.75) is 26.5 Å². The number of hydrogen-bond donors (Lipinski definition) is 1. The van der Waals surface area contributed by atoms with E-state index >= 15 is 0 Å². The summed E-state index contributed by atoms with van der Waals surface area (Å²) in [5.41, 5.74) is 1.03. The highest BCUT2D eigenvalue weighted by Crippen LogP contribution is 2.38. The number of nitrogens with zero attached hydrogens (tertiary/aromatic N) is 1. The van der Waals surface area contributed by atoms with Crippen LogP contribution < -0.4 is 14.4 Å². The fourth-order valence-corrected chi connectivity index (χ4v) is 4.22. The summed E-state index contributed by atoms with van der Waals surface area (Å²) in [5, 5.41) is 0. The van der Waals surface area contributed by atoms with Gasteiger partial charge in [0.2, 0.25) is 15.9 Å². The second kappa shape index (κ2) is 7.23. The molecular formula is C20H24N2O4S. The SMILES string of the molecule is CCN1C(=O)C(C)(C)COc2ccc(NS(=O)(=O)Cc3ccccc3)cc21. The van der Waals surface area contributed by atoms with Crippen LogP contribution in [0.15, 0.2) is 48.5 Å². The van der Waals surface area contributed by atoms with Gasteiger partial charge in [0.05, 0.1) is 22.5 Å². The molecule has 1 aliphatic heterocycles. The molecule has 0 saturated carbocycles. The van der Waals surface area contributed by atoms with E-state index in [4.69, 9.17) is 4.74 Å². The Morgan fingerprint density at radius 3 is 2.52 bits per heavy atom. The van der Waals surface area contributed by atoms with Crippen LogP contribution >= 0.6 is 0 Å². The van der Waals surface area contributed by atoms with E-state index in [1.807, 2.05) is 26.8 Å². The predicted molar refractivity (Wildman–Crippen MR) is 106 cm³/mol. The maximum atomic E-state index is 12.8. The van der Waals surface area contributed by atoms with Crippen LogP contribution in [0.25, 0.3) is 0 Å². The Morgan fingerprint density at radius 2 is 1.85 bits per heavy atom. The zero-order valence-electron chi connectivity index (χ0n) is 15.7. The summed E-state index contributed by atoms with van der Waals surface area (Å²) in [5.74, 6) is 0.403. The van der Waals surface area contributed by atoms with Gasteiger partial charge >= 0.3 is 0 Å². The van der Waals surface area contributed by atoms with Crippen molar-refractivity contribution in [2.75, 3.05) is 22.8 Å². The molecule has 1 heterocycles. The topological polar surface area (TPSA) is 75.7 Å². The number of hydrogen-bond acceptors (Lipinski definition) is 4. The molecule has 6 nitrogen and oxygen atoms in total. The molecule has 3 rings (SSSR count). The van der Waals surface area contributed by atoms with Crippen molar-refractivity contribution in [2.24, 2.45) is 5.41 Å². The molecule has 7 heteroatoms. The smallest absolute Gasteiger partial charge is 0.236 e. The number of benzene rings is 2. The highest BCUT2D eigenvalue weighted by atomic mass is 32.2. The Hall–Kier alpha value is -2.54. The molecule has 27 heavy (non-hydrogen) atoms. The molecule has 0 radical (unpaired) electrons. The van der Waals surface area contributed by atoms with Crippen molar-refractivity contribution in [3.8, 4) is 5.75 Å². The van der Waals surface area contributed by atoms with Crippen LogP contribution in [0, 0.1) is 5.41 Å². The van der Waals surface area contributed by atoms with Gasteiger partial charge in [0.15, 0.2) is 0 Å². The van der Waals surface area contributed by atoms with Crippen molar-refractivity contribution in [3.63, 3.8) is 0 Å². The molecule has 1 amide bonds. The molecular weight excluding hydrogens is 364 g/mol. The van der Waals surface area contributed by atoms with Crippen molar-refractivity contribution < 1.29 is 17.9 Å². The number of sulfonamides is 1. The monoisotopic (exact) mass is 388 g/mol. The minimum Gasteiger partial charge on any atom is -0.490 e. The number of anilines is 2. The Balaban J connectivity index is 1.89. The van der Waals surface area contributed by atoms with Gasteiger partial charge < -0.3 is 9.64 Å². The predicted octanol–water partition coefficient (Wildman–Crippen LogP) is 3.40. The van der Waals surface area contributed by atoms with Gasteiger partial charge in [-0.15, -0.1) is 0 Å². The molecule has 2 aromatic carbocycles. The molecule has 0 atom stereocenters.